The lowest BCUT2D eigenvalue weighted by Crippen LogP contribution is -2.28. The zero-order valence-electron chi connectivity index (χ0n) is 19.5. The van der Waals surface area contributed by atoms with Gasteiger partial charge in [0, 0.05) is 43.0 Å². The van der Waals surface area contributed by atoms with Crippen molar-refractivity contribution in [2.45, 2.75) is 25.7 Å². The molecule has 2 aromatic rings. The number of nitrogens with zero attached hydrogens (tertiary/aromatic N) is 3. The fourth-order valence-corrected chi connectivity index (χ4v) is 3.82. The molecular weight excluding hydrogens is 440 g/mol. The Kier molecular flexibility index (Phi) is 8.80. The molecule has 1 saturated heterocycles. The quantitative estimate of drug-likeness (QED) is 0.283. The molecule has 0 unspecified atom stereocenters. The monoisotopic (exact) mass is 470 g/mol. The van der Waals surface area contributed by atoms with E-state index in [1.807, 2.05) is 36.0 Å². The van der Waals surface area contributed by atoms with Gasteiger partial charge in [-0.3, -0.25) is 9.59 Å². The summed E-state index contributed by atoms with van der Waals surface area (Å²) in [7, 11) is 3.80. The SMILES string of the molecule is CN(C)CCOC(=O)C1=C(N2CCCCCC2)OC(=Cc2c[nH]c3ncccc23)C1=O.O=CO. The third-order valence-electron chi connectivity index (χ3n) is 5.51. The van der Waals surface area contributed by atoms with Crippen molar-refractivity contribution in [2.24, 2.45) is 0 Å². The van der Waals surface area contributed by atoms with Crippen LogP contribution in [0.5, 0.6) is 0 Å². The maximum Gasteiger partial charge on any atom is 0.347 e. The summed E-state index contributed by atoms with van der Waals surface area (Å²) in [4.78, 5) is 45.7. The summed E-state index contributed by atoms with van der Waals surface area (Å²) >= 11 is 0. The molecule has 34 heavy (non-hydrogen) atoms. The van der Waals surface area contributed by atoms with Crippen molar-refractivity contribution in [1.82, 2.24) is 19.8 Å². The van der Waals surface area contributed by atoms with E-state index in [0.717, 1.165) is 55.4 Å². The third kappa shape index (κ3) is 6.02. The van der Waals surface area contributed by atoms with Crippen LogP contribution in [0.15, 0.2) is 41.7 Å². The Bertz CT molecular complexity index is 1080. The number of fused-ring (bicyclic) bond motifs is 1. The molecule has 0 aromatic carbocycles. The van der Waals surface area contributed by atoms with Gasteiger partial charge in [-0.05, 0) is 45.1 Å². The van der Waals surface area contributed by atoms with Gasteiger partial charge < -0.3 is 29.4 Å². The highest BCUT2D eigenvalue weighted by atomic mass is 16.5. The van der Waals surface area contributed by atoms with Crippen LogP contribution in [0, 0.1) is 0 Å². The van der Waals surface area contributed by atoms with Gasteiger partial charge in [-0.15, -0.1) is 0 Å². The Hall–Kier alpha value is -3.66. The van der Waals surface area contributed by atoms with Crippen LogP contribution in [0.4, 0.5) is 0 Å². The molecule has 0 radical (unpaired) electrons. The van der Waals surface area contributed by atoms with Gasteiger partial charge in [0.1, 0.15) is 12.3 Å². The highest BCUT2D eigenvalue weighted by molar-refractivity contribution is 6.26. The van der Waals surface area contributed by atoms with E-state index in [1.54, 1.807) is 18.5 Å². The van der Waals surface area contributed by atoms with Gasteiger partial charge in [-0.1, -0.05) is 12.8 Å². The van der Waals surface area contributed by atoms with Crippen LogP contribution in [-0.4, -0.2) is 83.4 Å². The van der Waals surface area contributed by atoms with E-state index in [9.17, 15) is 9.59 Å². The number of nitrogens with one attached hydrogen (secondary N) is 1. The third-order valence-corrected chi connectivity index (χ3v) is 5.51. The molecule has 0 amide bonds. The number of rotatable bonds is 6. The fourth-order valence-electron chi connectivity index (χ4n) is 3.82. The summed E-state index contributed by atoms with van der Waals surface area (Å²) in [5.74, 6) is -0.614. The van der Waals surface area contributed by atoms with Gasteiger partial charge in [0.05, 0.1) is 0 Å². The number of ketones is 1. The summed E-state index contributed by atoms with van der Waals surface area (Å²) in [5.41, 5.74) is 1.50. The molecule has 2 aliphatic rings. The second-order valence-electron chi connectivity index (χ2n) is 8.21. The number of carbonyl (C=O) groups excluding carboxylic acids is 2. The minimum Gasteiger partial charge on any atom is -0.483 e. The van der Waals surface area contributed by atoms with E-state index in [2.05, 4.69) is 9.97 Å². The number of H-pyrrole nitrogens is 1. The number of esters is 1. The van der Waals surface area contributed by atoms with Crippen molar-refractivity contribution in [2.75, 3.05) is 40.3 Å². The van der Waals surface area contributed by atoms with Crippen molar-refractivity contribution in [3.8, 4) is 0 Å². The van der Waals surface area contributed by atoms with Crippen LogP contribution in [0.25, 0.3) is 17.1 Å². The molecule has 2 N–H and O–H groups in total. The second kappa shape index (κ2) is 12.0. The average Bonchev–Trinajstić information content (AvgIpc) is 3.23. The Balaban J connectivity index is 0.00000103. The Morgan fingerprint density at radius 2 is 2.00 bits per heavy atom. The number of carboxylic acid groups (broad SMARTS) is 1. The van der Waals surface area contributed by atoms with Crippen LogP contribution >= 0.6 is 0 Å². The fraction of sp³-hybridized carbons (Fsp3) is 0.417. The predicted molar refractivity (Wildman–Crippen MR) is 125 cm³/mol. The molecule has 0 aliphatic carbocycles. The molecule has 182 valence electrons. The molecule has 1 fully saturated rings. The standard InChI is InChI=1S/C23H28N4O4.CH2O2/c1-26(2)12-13-30-23(29)19-20(28)18(31-22(19)27-10-5-3-4-6-11-27)14-16-15-25-21-17(16)8-7-9-24-21;2-1-3/h7-9,14-15H,3-6,10-13H2,1-2H3,(H,24,25);1H,(H,2,3). The van der Waals surface area contributed by atoms with Gasteiger partial charge in [0.25, 0.3) is 6.47 Å². The van der Waals surface area contributed by atoms with Crippen LogP contribution in [0.2, 0.25) is 0 Å². The van der Waals surface area contributed by atoms with E-state index < -0.39 is 11.8 Å². The molecule has 4 rings (SSSR count). The molecule has 2 aliphatic heterocycles. The number of ether oxygens (including phenoxy) is 2. The van der Waals surface area contributed by atoms with E-state index >= 15 is 0 Å². The van der Waals surface area contributed by atoms with Crippen molar-refractivity contribution in [3.63, 3.8) is 0 Å². The smallest absolute Gasteiger partial charge is 0.347 e. The Labute approximate surface area is 197 Å². The first kappa shape index (κ1) is 25.0. The van der Waals surface area contributed by atoms with Gasteiger partial charge in [-0.25, -0.2) is 9.78 Å². The number of allylic oxidation sites excluding steroid dienone is 1. The van der Waals surface area contributed by atoms with E-state index in [4.69, 9.17) is 19.4 Å². The molecule has 0 bridgehead atoms. The zero-order chi connectivity index (χ0) is 24.5. The first-order valence-electron chi connectivity index (χ1n) is 11.2. The van der Waals surface area contributed by atoms with Gasteiger partial charge in [-0.2, -0.15) is 0 Å². The van der Waals surface area contributed by atoms with Crippen LogP contribution in [-0.2, 0) is 23.9 Å². The maximum atomic E-state index is 13.2. The van der Waals surface area contributed by atoms with Crippen LogP contribution < -0.4 is 0 Å². The number of carbonyl (C=O) groups is 3. The molecule has 10 nitrogen and oxygen atoms in total. The van der Waals surface area contributed by atoms with Crippen molar-refractivity contribution >= 4 is 35.3 Å². The molecular formula is C24H30N4O6. The summed E-state index contributed by atoms with van der Waals surface area (Å²) in [5, 5.41) is 7.77. The first-order chi connectivity index (χ1) is 16.5. The van der Waals surface area contributed by atoms with Crippen molar-refractivity contribution in [3.05, 3.63) is 47.3 Å². The number of aromatic amines is 1. The molecule has 0 spiro atoms. The number of Topliss-reactive ketones (excluding diaryl/α,β-unsaturated/α-hetero) is 1. The van der Waals surface area contributed by atoms with Gasteiger partial charge >= 0.3 is 5.97 Å². The maximum absolute atomic E-state index is 13.2. The van der Waals surface area contributed by atoms with E-state index in [0.29, 0.717) is 12.4 Å². The summed E-state index contributed by atoms with van der Waals surface area (Å²) in [6, 6.07) is 3.76. The number of likely N-dealkylation sites (N-methyl/N-ethyl adjacent to an activating group) is 1. The normalized spacial score (nSPS) is 17.4. The largest absolute Gasteiger partial charge is 0.483 e. The van der Waals surface area contributed by atoms with Gasteiger partial charge in [0.2, 0.25) is 11.7 Å². The highest BCUT2D eigenvalue weighted by Crippen LogP contribution is 2.32. The minimum absolute atomic E-state index is 0.00938. The number of aromatic nitrogens is 2. The Morgan fingerprint density at radius 3 is 2.68 bits per heavy atom. The average molecular weight is 471 g/mol. The lowest BCUT2D eigenvalue weighted by Gasteiger charge is -2.23. The molecule has 0 saturated carbocycles. The topological polar surface area (TPSA) is 125 Å². The zero-order valence-corrected chi connectivity index (χ0v) is 19.5. The Morgan fingerprint density at radius 1 is 1.29 bits per heavy atom. The highest BCUT2D eigenvalue weighted by Gasteiger charge is 2.39. The van der Waals surface area contributed by atoms with Crippen LogP contribution in [0.1, 0.15) is 31.2 Å². The van der Waals surface area contributed by atoms with Crippen molar-refractivity contribution in [1.29, 1.82) is 0 Å². The summed E-state index contributed by atoms with van der Waals surface area (Å²) in [6.07, 6.45) is 9.40. The van der Waals surface area contributed by atoms with Crippen molar-refractivity contribution < 1.29 is 29.0 Å². The van der Waals surface area contributed by atoms with E-state index in [-0.39, 0.29) is 24.4 Å². The van der Waals surface area contributed by atoms with Crippen LogP contribution in [0.3, 0.4) is 0 Å². The molecule has 2 aromatic heterocycles. The number of likely N-dealkylation sites (tertiary alicyclic amines) is 1. The number of hydrogen-bond donors (Lipinski definition) is 2. The lowest BCUT2D eigenvalue weighted by molar-refractivity contribution is -0.140. The minimum atomic E-state index is -0.630. The number of hydrogen-bond acceptors (Lipinski definition) is 8. The molecule has 0 atom stereocenters. The number of pyridine rings is 1. The first-order valence-corrected chi connectivity index (χ1v) is 11.2. The van der Waals surface area contributed by atoms with E-state index in [1.165, 1.54) is 0 Å². The molecule has 10 heteroatoms. The molecule has 4 heterocycles. The van der Waals surface area contributed by atoms with Gasteiger partial charge in [0.15, 0.2) is 11.3 Å². The summed E-state index contributed by atoms with van der Waals surface area (Å²) in [6.45, 7) is 2.05. The summed E-state index contributed by atoms with van der Waals surface area (Å²) < 4.78 is 11.4. The second-order valence-corrected chi connectivity index (χ2v) is 8.21. The predicted octanol–water partition coefficient (Wildman–Crippen LogP) is 2.40. The lowest BCUT2D eigenvalue weighted by atomic mass is 10.1.